The van der Waals surface area contributed by atoms with E-state index in [9.17, 15) is 0 Å². The number of nitrogens with two attached hydrogens (primary N) is 1. The molecule has 2 N–H and O–H groups in total. The third-order valence-corrected chi connectivity index (χ3v) is 2.66. The Hall–Kier alpha value is -2.30. The Kier molecular flexibility index (Phi) is 1.95. The van der Waals surface area contributed by atoms with Crippen LogP contribution in [-0.2, 0) is 7.05 Å². The summed E-state index contributed by atoms with van der Waals surface area (Å²) in [5, 5.41) is 4.27. The van der Waals surface area contributed by atoms with Crippen molar-refractivity contribution in [3.63, 3.8) is 0 Å². The molecule has 3 aromatic rings. The highest BCUT2D eigenvalue weighted by molar-refractivity contribution is 5.79. The molecular weight excluding hydrogens is 216 g/mol. The Balaban J connectivity index is 2.21. The van der Waals surface area contributed by atoms with E-state index in [1.54, 1.807) is 10.7 Å². The lowest BCUT2D eigenvalue weighted by atomic mass is 10.3. The van der Waals surface area contributed by atoms with Crippen LogP contribution in [0.1, 0.15) is 5.69 Å². The van der Waals surface area contributed by atoms with Gasteiger partial charge in [-0.15, -0.1) is 0 Å². The number of hydrogen-bond acceptors (Lipinski definition) is 4. The van der Waals surface area contributed by atoms with Crippen molar-refractivity contribution < 1.29 is 4.42 Å². The molecule has 0 fully saturated rings. The number of benzene rings is 1. The minimum atomic E-state index is 0.580. The fourth-order valence-corrected chi connectivity index (χ4v) is 1.87. The molecule has 1 aromatic carbocycles. The zero-order valence-electron chi connectivity index (χ0n) is 9.64. The molecule has 0 aliphatic carbocycles. The van der Waals surface area contributed by atoms with Crippen LogP contribution < -0.4 is 5.73 Å². The first-order valence-electron chi connectivity index (χ1n) is 5.30. The second-order valence-electron chi connectivity index (χ2n) is 4.05. The third kappa shape index (κ3) is 1.56. The van der Waals surface area contributed by atoms with Gasteiger partial charge in [0.25, 0.3) is 0 Å². The van der Waals surface area contributed by atoms with Crippen molar-refractivity contribution in [1.82, 2.24) is 14.8 Å². The first-order valence-corrected chi connectivity index (χ1v) is 5.30. The second kappa shape index (κ2) is 3.35. The van der Waals surface area contributed by atoms with Gasteiger partial charge in [-0.1, -0.05) is 0 Å². The molecular formula is C12H12N4O. The van der Waals surface area contributed by atoms with Gasteiger partial charge in [0.15, 0.2) is 5.58 Å². The Morgan fingerprint density at radius 1 is 1.35 bits per heavy atom. The van der Waals surface area contributed by atoms with E-state index in [1.807, 2.05) is 32.3 Å². The predicted molar refractivity (Wildman–Crippen MR) is 65.4 cm³/mol. The molecule has 0 bridgehead atoms. The maximum Gasteiger partial charge on any atom is 0.230 e. The molecule has 5 nitrogen and oxygen atoms in total. The number of anilines is 1. The summed E-state index contributed by atoms with van der Waals surface area (Å²) < 4.78 is 7.43. The maximum absolute atomic E-state index is 5.70. The van der Waals surface area contributed by atoms with Crippen molar-refractivity contribution in [1.29, 1.82) is 0 Å². The maximum atomic E-state index is 5.70. The topological polar surface area (TPSA) is 69.9 Å². The molecule has 5 heteroatoms. The molecule has 17 heavy (non-hydrogen) atoms. The van der Waals surface area contributed by atoms with Crippen LogP contribution >= 0.6 is 0 Å². The molecule has 3 rings (SSSR count). The summed E-state index contributed by atoms with van der Waals surface area (Å²) in [5.74, 6) is 0.580. The van der Waals surface area contributed by atoms with Crippen LogP contribution in [0.3, 0.4) is 0 Å². The molecule has 0 spiro atoms. The highest BCUT2D eigenvalue weighted by Gasteiger charge is 2.13. The van der Waals surface area contributed by atoms with Gasteiger partial charge in [-0.05, 0) is 19.1 Å². The molecule has 0 saturated heterocycles. The van der Waals surface area contributed by atoms with Crippen molar-refractivity contribution in [2.45, 2.75) is 6.92 Å². The van der Waals surface area contributed by atoms with Crippen molar-refractivity contribution in [2.75, 3.05) is 5.73 Å². The Bertz CT molecular complexity index is 696. The van der Waals surface area contributed by atoms with Crippen molar-refractivity contribution in [3.05, 3.63) is 30.1 Å². The molecule has 0 unspecified atom stereocenters. The van der Waals surface area contributed by atoms with Gasteiger partial charge in [0.05, 0.1) is 11.3 Å². The zero-order valence-corrected chi connectivity index (χ0v) is 9.64. The standard InChI is InChI=1S/C12H12N4O/c1-7-9(6-16(2)15-7)12-14-10-4-3-8(13)5-11(10)17-12/h3-6H,13H2,1-2H3. The van der Waals surface area contributed by atoms with E-state index in [0.717, 1.165) is 16.8 Å². The smallest absolute Gasteiger partial charge is 0.230 e. The Morgan fingerprint density at radius 3 is 2.88 bits per heavy atom. The highest BCUT2D eigenvalue weighted by atomic mass is 16.3. The lowest BCUT2D eigenvalue weighted by molar-refractivity contribution is 0.619. The average molecular weight is 228 g/mol. The lowest BCUT2D eigenvalue weighted by Gasteiger charge is -1.89. The predicted octanol–water partition coefficient (Wildman–Crippen LogP) is 2.12. The van der Waals surface area contributed by atoms with E-state index >= 15 is 0 Å². The van der Waals surface area contributed by atoms with Crippen LogP contribution in [0.2, 0.25) is 0 Å². The monoisotopic (exact) mass is 228 g/mol. The van der Waals surface area contributed by atoms with Gasteiger partial charge in [0, 0.05) is 25.0 Å². The average Bonchev–Trinajstić information content (AvgIpc) is 2.80. The van der Waals surface area contributed by atoms with Gasteiger partial charge < -0.3 is 10.2 Å². The summed E-state index contributed by atoms with van der Waals surface area (Å²) in [7, 11) is 1.87. The van der Waals surface area contributed by atoms with Crippen molar-refractivity contribution >= 4 is 16.8 Å². The zero-order chi connectivity index (χ0) is 12.0. The van der Waals surface area contributed by atoms with E-state index in [2.05, 4.69) is 10.1 Å². The summed E-state index contributed by atoms with van der Waals surface area (Å²) in [6.45, 7) is 1.93. The van der Waals surface area contributed by atoms with Crippen LogP contribution in [-0.4, -0.2) is 14.8 Å². The second-order valence-corrected chi connectivity index (χ2v) is 4.05. The molecule has 2 aromatic heterocycles. The van der Waals surface area contributed by atoms with Gasteiger partial charge >= 0.3 is 0 Å². The van der Waals surface area contributed by atoms with E-state index in [4.69, 9.17) is 10.2 Å². The fraction of sp³-hybridized carbons (Fsp3) is 0.167. The Labute approximate surface area is 97.9 Å². The minimum Gasteiger partial charge on any atom is -0.436 e. The summed E-state index contributed by atoms with van der Waals surface area (Å²) in [6, 6.07) is 5.44. The van der Waals surface area contributed by atoms with E-state index in [-0.39, 0.29) is 0 Å². The normalized spacial score (nSPS) is 11.2. The first kappa shape index (κ1) is 9.89. The van der Waals surface area contributed by atoms with E-state index < -0.39 is 0 Å². The number of aromatic nitrogens is 3. The van der Waals surface area contributed by atoms with Gasteiger partial charge in [0.1, 0.15) is 5.52 Å². The van der Waals surface area contributed by atoms with Gasteiger partial charge in [-0.3, -0.25) is 4.68 Å². The molecule has 0 atom stereocenters. The lowest BCUT2D eigenvalue weighted by Crippen LogP contribution is -1.86. The van der Waals surface area contributed by atoms with E-state index in [1.165, 1.54) is 0 Å². The van der Waals surface area contributed by atoms with Crippen LogP contribution in [0.4, 0.5) is 5.69 Å². The number of nitrogens with zero attached hydrogens (tertiary/aromatic N) is 3. The number of aryl methyl sites for hydroxylation is 2. The van der Waals surface area contributed by atoms with Gasteiger partial charge in [-0.25, -0.2) is 4.98 Å². The van der Waals surface area contributed by atoms with Crippen LogP contribution in [0.25, 0.3) is 22.6 Å². The molecule has 86 valence electrons. The van der Waals surface area contributed by atoms with Gasteiger partial charge in [-0.2, -0.15) is 5.10 Å². The minimum absolute atomic E-state index is 0.580. The van der Waals surface area contributed by atoms with Crippen LogP contribution in [0.15, 0.2) is 28.8 Å². The number of fused-ring (bicyclic) bond motifs is 1. The molecule has 0 radical (unpaired) electrons. The third-order valence-electron chi connectivity index (χ3n) is 2.66. The Morgan fingerprint density at radius 2 is 2.18 bits per heavy atom. The summed E-state index contributed by atoms with van der Waals surface area (Å²) in [5.41, 5.74) is 9.67. The number of hydrogen-bond donors (Lipinski definition) is 1. The van der Waals surface area contributed by atoms with E-state index in [0.29, 0.717) is 17.2 Å². The highest BCUT2D eigenvalue weighted by Crippen LogP contribution is 2.26. The quantitative estimate of drug-likeness (QED) is 0.647. The molecule has 0 aliphatic heterocycles. The molecule has 2 heterocycles. The van der Waals surface area contributed by atoms with Crippen LogP contribution in [0, 0.1) is 6.92 Å². The van der Waals surface area contributed by atoms with Gasteiger partial charge in [0.2, 0.25) is 5.89 Å². The number of nitrogen functional groups attached to an aromatic ring is 1. The summed E-state index contributed by atoms with van der Waals surface area (Å²) in [6.07, 6.45) is 1.89. The largest absolute Gasteiger partial charge is 0.436 e. The van der Waals surface area contributed by atoms with Crippen molar-refractivity contribution in [2.24, 2.45) is 7.05 Å². The molecule has 0 amide bonds. The van der Waals surface area contributed by atoms with Crippen molar-refractivity contribution in [3.8, 4) is 11.5 Å². The number of rotatable bonds is 1. The summed E-state index contributed by atoms with van der Waals surface area (Å²) in [4.78, 5) is 4.42. The van der Waals surface area contributed by atoms with Crippen LogP contribution in [0.5, 0.6) is 0 Å². The number of oxazole rings is 1. The molecule has 0 saturated carbocycles. The fourth-order valence-electron chi connectivity index (χ4n) is 1.87. The molecule has 0 aliphatic rings. The SMILES string of the molecule is Cc1nn(C)cc1-c1nc2ccc(N)cc2o1. The summed E-state index contributed by atoms with van der Waals surface area (Å²) >= 11 is 0. The first-order chi connectivity index (χ1) is 8.13.